The zero-order valence-electron chi connectivity index (χ0n) is 9.65. The molecule has 0 fully saturated rings. The third-order valence-corrected chi connectivity index (χ3v) is 2.16. The zero-order chi connectivity index (χ0) is 13.0. The topological polar surface area (TPSA) is 104 Å². The second-order valence-electron chi connectivity index (χ2n) is 3.85. The van der Waals surface area contributed by atoms with E-state index in [0.29, 0.717) is 5.69 Å². The number of aromatic hydroxyl groups is 1. The van der Waals surface area contributed by atoms with E-state index in [1.807, 2.05) is 5.43 Å². The predicted octanol–water partition coefficient (Wildman–Crippen LogP) is 0.590. The van der Waals surface area contributed by atoms with Crippen molar-refractivity contribution >= 4 is 17.5 Å². The molecule has 0 bridgehead atoms. The molecule has 0 saturated heterocycles. The van der Waals surface area contributed by atoms with Crippen molar-refractivity contribution in [3.63, 3.8) is 0 Å². The molecule has 6 heteroatoms. The van der Waals surface area contributed by atoms with Gasteiger partial charge in [-0.25, -0.2) is 5.84 Å². The fourth-order valence-corrected chi connectivity index (χ4v) is 1.16. The van der Waals surface area contributed by atoms with Crippen LogP contribution in [0, 0.1) is 5.92 Å². The van der Waals surface area contributed by atoms with E-state index in [2.05, 4.69) is 5.32 Å². The lowest BCUT2D eigenvalue weighted by atomic mass is 10.1. The minimum atomic E-state index is -0.622. The minimum Gasteiger partial charge on any atom is -0.507 e. The van der Waals surface area contributed by atoms with E-state index in [9.17, 15) is 14.7 Å². The Bertz CT molecular complexity index is 444. The summed E-state index contributed by atoms with van der Waals surface area (Å²) < 4.78 is 0. The minimum absolute atomic E-state index is 0.00839. The Morgan fingerprint density at radius 2 is 2.00 bits per heavy atom. The second kappa shape index (κ2) is 5.31. The number of nitrogen functional groups attached to an aromatic ring is 1. The fourth-order valence-electron chi connectivity index (χ4n) is 1.16. The molecule has 0 aliphatic rings. The van der Waals surface area contributed by atoms with E-state index in [0.717, 1.165) is 0 Å². The van der Waals surface area contributed by atoms with Crippen LogP contribution in [0.1, 0.15) is 24.2 Å². The molecule has 0 aromatic heterocycles. The summed E-state index contributed by atoms with van der Waals surface area (Å²) in [6.07, 6.45) is 0. The van der Waals surface area contributed by atoms with Gasteiger partial charge in [0, 0.05) is 11.6 Å². The van der Waals surface area contributed by atoms with Crippen molar-refractivity contribution in [1.82, 2.24) is 5.43 Å². The first-order valence-corrected chi connectivity index (χ1v) is 5.10. The number of hydrazine groups is 1. The Morgan fingerprint density at radius 1 is 1.35 bits per heavy atom. The van der Waals surface area contributed by atoms with E-state index >= 15 is 0 Å². The maximum Gasteiger partial charge on any atom is 0.269 e. The molecule has 1 rings (SSSR count). The number of nitrogens with one attached hydrogen (secondary N) is 2. The summed E-state index contributed by atoms with van der Waals surface area (Å²) in [5, 5.41) is 12.1. The van der Waals surface area contributed by atoms with Crippen LogP contribution in [-0.4, -0.2) is 16.9 Å². The van der Waals surface area contributed by atoms with Crippen molar-refractivity contribution in [2.45, 2.75) is 13.8 Å². The molecule has 0 aliphatic carbocycles. The lowest BCUT2D eigenvalue weighted by molar-refractivity contribution is -0.118. The Labute approximate surface area is 98.8 Å². The van der Waals surface area contributed by atoms with Crippen molar-refractivity contribution < 1.29 is 14.7 Å². The van der Waals surface area contributed by atoms with Gasteiger partial charge in [-0.05, 0) is 18.2 Å². The fraction of sp³-hybridized carbons (Fsp3) is 0.273. The number of phenolic OH excluding ortho intramolecular Hbond substituents is 1. The third-order valence-electron chi connectivity index (χ3n) is 2.16. The van der Waals surface area contributed by atoms with Crippen LogP contribution in [0.15, 0.2) is 18.2 Å². The first-order valence-electron chi connectivity index (χ1n) is 5.10. The molecular formula is C11H15N3O3. The molecular weight excluding hydrogens is 222 g/mol. The first kappa shape index (κ1) is 13.0. The molecule has 0 heterocycles. The number of carbonyl (C=O) groups is 2. The van der Waals surface area contributed by atoms with Crippen molar-refractivity contribution in [1.29, 1.82) is 0 Å². The Kier molecular flexibility index (Phi) is 4.06. The molecule has 5 N–H and O–H groups in total. The van der Waals surface area contributed by atoms with Gasteiger partial charge < -0.3 is 10.4 Å². The highest BCUT2D eigenvalue weighted by molar-refractivity contribution is 5.99. The predicted molar refractivity (Wildman–Crippen MR) is 63.2 cm³/mol. The number of rotatable bonds is 3. The van der Waals surface area contributed by atoms with Crippen LogP contribution in [0.5, 0.6) is 5.75 Å². The maximum absolute atomic E-state index is 11.4. The van der Waals surface area contributed by atoms with E-state index < -0.39 is 5.91 Å². The van der Waals surface area contributed by atoms with Crippen LogP contribution in [0.2, 0.25) is 0 Å². The molecule has 0 radical (unpaired) electrons. The van der Waals surface area contributed by atoms with E-state index in [4.69, 9.17) is 5.84 Å². The Morgan fingerprint density at radius 3 is 2.53 bits per heavy atom. The number of nitrogens with two attached hydrogens (primary N) is 1. The standard InChI is InChI=1S/C11H15N3O3/c1-6(2)10(16)13-7-3-4-9(15)8(5-7)11(17)14-12/h3-6,15H,12H2,1-2H3,(H,13,16)(H,14,17). The molecule has 1 aromatic rings. The van der Waals surface area contributed by atoms with Gasteiger partial charge in [0.2, 0.25) is 5.91 Å². The lowest BCUT2D eigenvalue weighted by Gasteiger charge is -2.09. The van der Waals surface area contributed by atoms with E-state index in [1.165, 1.54) is 18.2 Å². The molecule has 2 amide bonds. The summed E-state index contributed by atoms with van der Waals surface area (Å²) in [4.78, 5) is 22.7. The highest BCUT2D eigenvalue weighted by atomic mass is 16.3. The van der Waals surface area contributed by atoms with Gasteiger partial charge in [-0.3, -0.25) is 15.0 Å². The summed E-state index contributed by atoms with van der Waals surface area (Å²) in [5.41, 5.74) is 2.35. The van der Waals surface area contributed by atoms with Crippen molar-refractivity contribution in [3.05, 3.63) is 23.8 Å². The van der Waals surface area contributed by atoms with Gasteiger partial charge in [-0.15, -0.1) is 0 Å². The highest BCUT2D eigenvalue weighted by Crippen LogP contribution is 2.21. The van der Waals surface area contributed by atoms with Crippen LogP contribution in [-0.2, 0) is 4.79 Å². The molecule has 0 saturated carbocycles. The molecule has 17 heavy (non-hydrogen) atoms. The molecule has 6 nitrogen and oxygen atoms in total. The molecule has 0 spiro atoms. The van der Waals surface area contributed by atoms with E-state index in [-0.39, 0.29) is 23.1 Å². The summed E-state index contributed by atoms with van der Waals surface area (Å²) in [6.45, 7) is 3.51. The third kappa shape index (κ3) is 3.18. The Balaban J connectivity index is 2.97. The van der Waals surface area contributed by atoms with Gasteiger partial charge >= 0.3 is 0 Å². The summed E-state index contributed by atoms with van der Waals surface area (Å²) in [5.74, 6) is 3.81. The molecule has 92 valence electrons. The smallest absolute Gasteiger partial charge is 0.269 e. The van der Waals surface area contributed by atoms with Crippen LogP contribution in [0.4, 0.5) is 5.69 Å². The number of hydrogen-bond donors (Lipinski definition) is 4. The average molecular weight is 237 g/mol. The largest absolute Gasteiger partial charge is 0.507 e. The van der Waals surface area contributed by atoms with Crippen molar-refractivity contribution in [2.24, 2.45) is 11.8 Å². The number of phenols is 1. The van der Waals surface area contributed by atoms with Crippen LogP contribution >= 0.6 is 0 Å². The van der Waals surface area contributed by atoms with Crippen LogP contribution < -0.4 is 16.6 Å². The van der Waals surface area contributed by atoms with Gasteiger partial charge in [0.25, 0.3) is 5.91 Å². The number of carbonyl (C=O) groups excluding carboxylic acids is 2. The van der Waals surface area contributed by atoms with Gasteiger partial charge in [0.15, 0.2) is 0 Å². The van der Waals surface area contributed by atoms with Crippen molar-refractivity contribution in [2.75, 3.05) is 5.32 Å². The number of anilines is 1. The normalized spacial score (nSPS) is 10.1. The number of hydrogen-bond acceptors (Lipinski definition) is 4. The maximum atomic E-state index is 11.4. The van der Waals surface area contributed by atoms with Gasteiger partial charge in [0.1, 0.15) is 5.75 Å². The lowest BCUT2D eigenvalue weighted by Crippen LogP contribution is -2.30. The summed E-state index contributed by atoms with van der Waals surface area (Å²) in [7, 11) is 0. The Hall–Kier alpha value is -2.08. The zero-order valence-corrected chi connectivity index (χ0v) is 9.65. The number of amides is 2. The summed E-state index contributed by atoms with van der Waals surface area (Å²) in [6, 6.07) is 4.18. The quantitative estimate of drug-likeness (QED) is 0.267. The summed E-state index contributed by atoms with van der Waals surface area (Å²) >= 11 is 0. The molecule has 0 aliphatic heterocycles. The monoisotopic (exact) mass is 237 g/mol. The first-order chi connectivity index (χ1) is 7.95. The van der Waals surface area contributed by atoms with Crippen LogP contribution in [0.3, 0.4) is 0 Å². The van der Waals surface area contributed by atoms with E-state index in [1.54, 1.807) is 13.8 Å². The van der Waals surface area contributed by atoms with Crippen molar-refractivity contribution in [3.8, 4) is 5.75 Å². The molecule has 0 unspecified atom stereocenters. The molecule has 0 atom stereocenters. The van der Waals surface area contributed by atoms with Crippen LogP contribution in [0.25, 0.3) is 0 Å². The number of benzene rings is 1. The van der Waals surface area contributed by atoms with Gasteiger partial charge in [0.05, 0.1) is 5.56 Å². The van der Waals surface area contributed by atoms with Gasteiger partial charge in [-0.2, -0.15) is 0 Å². The SMILES string of the molecule is CC(C)C(=O)Nc1ccc(O)c(C(=O)NN)c1. The second-order valence-corrected chi connectivity index (χ2v) is 3.85. The average Bonchev–Trinajstić information content (AvgIpc) is 2.30. The molecule has 1 aromatic carbocycles. The van der Waals surface area contributed by atoms with Gasteiger partial charge in [-0.1, -0.05) is 13.8 Å². The highest BCUT2D eigenvalue weighted by Gasteiger charge is 2.12.